The van der Waals surface area contributed by atoms with E-state index in [1.54, 1.807) is 0 Å². The quantitative estimate of drug-likeness (QED) is 0.434. The highest BCUT2D eigenvalue weighted by molar-refractivity contribution is 6.05. The number of carbonyl (C=O) groups is 2. The van der Waals surface area contributed by atoms with E-state index in [-0.39, 0.29) is 23.7 Å². The van der Waals surface area contributed by atoms with Gasteiger partial charge in [-0.05, 0) is 13.0 Å². The van der Waals surface area contributed by atoms with E-state index in [0.717, 1.165) is 13.0 Å². The number of nitrogens with one attached hydrogen (secondary N) is 2. The highest BCUT2D eigenvalue weighted by Gasteiger charge is 2.42. The van der Waals surface area contributed by atoms with Gasteiger partial charge in [0, 0.05) is 6.54 Å². The Morgan fingerprint density at radius 2 is 1.91 bits per heavy atom. The van der Waals surface area contributed by atoms with E-state index in [1.807, 2.05) is 0 Å². The molecule has 4 nitrogen and oxygen atoms in total. The van der Waals surface area contributed by atoms with Gasteiger partial charge in [0.25, 0.3) is 0 Å². The highest BCUT2D eigenvalue weighted by atomic mass is 16.2. The minimum atomic E-state index is -0.104. The Bertz CT molecular complexity index is 192. The van der Waals surface area contributed by atoms with Crippen molar-refractivity contribution in [2.75, 3.05) is 13.1 Å². The molecule has 11 heavy (non-hydrogen) atoms. The Balaban J connectivity index is 2.19. The summed E-state index contributed by atoms with van der Waals surface area (Å²) in [6, 6.07) is 0. The molecule has 2 aliphatic heterocycles. The number of fused-ring (bicyclic) bond motifs is 1. The van der Waals surface area contributed by atoms with Crippen LogP contribution in [0.3, 0.4) is 0 Å². The molecule has 0 aromatic heterocycles. The van der Waals surface area contributed by atoms with Gasteiger partial charge in [-0.25, -0.2) is 0 Å². The first-order chi connectivity index (χ1) is 5.29. The van der Waals surface area contributed by atoms with Gasteiger partial charge in [0.2, 0.25) is 11.8 Å². The number of rotatable bonds is 0. The minimum Gasteiger partial charge on any atom is -0.316 e. The van der Waals surface area contributed by atoms with Crippen LogP contribution in [0.1, 0.15) is 6.42 Å². The lowest BCUT2D eigenvalue weighted by atomic mass is 9.89. The van der Waals surface area contributed by atoms with E-state index in [0.29, 0.717) is 6.54 Å². The first kappa shape index (κ1) is 6.79. The van der Waals surface area contributed by atoms with Gasteiger partial charge in [0.15, 0.2) is 0 Å². The van der Waals surface area contributed by atoms with E-state index in [4.69, 9.17) is 0 Å². The summed E-state index contributed by atoms with van der Waals surface area (Å²) in [5.74, 6) is -0.339. The molecule has 60 valence electrons. The largest absolute Gasteiger partial charge is 0.316 e. The number of hydrogen-bond acceptors (Lipinski definition) is 3. The second kappa shape index (κ2) is 2.30. The van der Waals surface area contributed by atoms with E-state index in [2.05, 4.69) is 10.6 Å². The lowest BCUT2D eigenvalue weighted by Gasteiger charge is -2.21. The molecule has 0 aromatic rings. The SMILES string of the molecule is O=C1NC(=O)[C@H]2CNCC[C@H]12. The summed E-state index contributed by atoms with van der Waals surface area (Å²) in [6.45, 7) is 1.50. The van der Waals surface area contributed by atoms with Crippen molar-refractivity contribution >= 4 is 11.8 Å². The van der Waals surface area contributed by atoms with Gasteiger partial charge in [0.05, 0.1) is 11.8 Å². The van der Waals surface area contributed by atoms with E-state index >= 15 is 0 Å². The van der Waals surface area contributed by atoms with Crippen molar-refractivity contribution in [2.24, 2.45) is 11.8 Å². The van der Waals surface area contributed by atoms with Gasteiger partial charge < -0.3 is 5.32 Å². The molecule has 2 rings (SSSR count). The Morgan fingerprint density at radius 3 is 2.64 bits per heavy atom. The van der Waals surface area contributed by atoms with Crippen LogP contribution in [-0.2, 0) is 9.59 Å². The van der Waals surface area contributed by atoms with Gasteiger partial charge in [-0.1, -0.05) is 0 Å². The molecule has 2 N–H and O–H groups in total. The van der Waals surface area contributed by atoms with E-state index in [9.17, 15) is 9.59 Å². The summed E-state index contributed by atoms with van der Waals surface area (Å²) in [4.78, 5) is 22.1. The van der Waals surface area contributed by atoms with Gasteiger partial charge in [0.1, 0.15) is 0 Å². The third-order valence-electron chi connectivity index (χ3n) is 2.40. The van der Waals surface area contributed by atoms with Crippen molar-refractivity contribution in [1.82, 2.24) is 10.6 Å². The molecular formula is C7H10N2O2. The standard InChI is InChI=1S/C7H10N2O2/c10-6-4-1-2-8-3-5(4)7(11)9-6/h4-5,8H,1-3H2,(H,9,10,11)/t4-,5-/m0/s1. The van der Waals surface area contributed by atoms with Crippen molar-refractivity contribution < 1.29 is 9.59 Å². The summed E-state index contributed by atoms with van der Waals surface area (Å²) < 4.78 is 0. The number of piperidine rings is 1. The van der Waals surface area contributed by atoms with Crippen LogP contribution in [-0.4, -0.2) is 24.9 Å². The van der Waals surface area contributed by atoms with E-state index < -0.39 is 0 Å². The highest BCUT2D eigenvalue weighted by Crippen LogP contribution is 2.24. The van der Waals surface area contributed by atoms with Crippen LogP contribution in [0.5, 0.6) is 0 Å². The zero-order chi connectivity index (χ0) is 7.84. The normalized spacial score (nSPS) is 36.7. The number of imide groups is 1. The first-order valence-corrected chi connectivity index (χ1v) is 3.84. The summed E-state index contributed by atoms with van der Waals surface area (Å²) >= 11 is 0. The lowest BCUT2D eigenvalue weighted by Crippen LogP contribution is -2.38. The summed E-state index contributed by atoms with van der Waals surface area (Å²) in [5.41, 5.74) is 0. The minimum absolute atomic E-state index is 0.0521. The van der Waals surface area contributed by atoms with Crippen LogP contribution in [0.15, 0.2) is 0 Å². The Hall–Kier alpha value is -0.900. The molecule has 2 saturated heterocycles. The first-order valence-electron chi connectivity index (χ1n) is 3.84. The summed E-state index contributed by atoms with van der Waals surface area (Å²) in [7, 11) is 0. The molecule has 2 atom stereocenters. The third kappa shape index (κ3) is 0.939. The zero-order valence-electron chi connectivity index (χ0n) is 6.09. The molecule has 0 radical (unpaired) electrons. The lowest BCUT2D eigenvalue weighted by molar-refractivity contribution is -0.126. The summed E-state index contributed by atoms with van der Waals surface area (Å²) in [5, 5.41) is 5.44. The predicted octanol–water partition coefficient (Wildman–Crippen LogP) is -1.13. The van der Waals surface area contributed by atoms with Crippen LogP contribution in [0.2, 0.25) is 0 Å². The fourth-order valence-electron chi connectivity index (χ4n) is 1.75. The van der Waals surface area contributed by atoms with Crippen LogP contribution < -0.4 is 10.6 Å². The molecule has 2 amide bonds. The zero-order valence-corrected chi connectivity index (χ0v) is 6.09. The maximum absolute atomic E-state index is 11.1. The third-order valence-corrected chi connectivity index (χ3v) is 2.40. The molecule has 0 saturated carbocycles. The molecule has 0 bridgehead atoms. The molecule has 2 heterocycles. The summed E-state index contributed by atoms with van der Waals surface area (Å²) in [6.07, 6.45) is 0.794. The average molecular weight is 154 g/mol. The second-order valence-corrected chi connectivity index (χ2v) is 3.06. The smallest absolute Gasteiger partial charge is 0.231 e. The van der Waals surface area contributed by atoms with Crippen molar-refractivity contribution in [1.29, 1.82) is 0 Å². The maximum atomic E-state index is 11.1. The number of hydrogen-bond donors (Lipinski definition) is 2. The predicted molar refractivity (Wildman–Crippen MR) is 37.6 cm³/mol. The van der Waals surface area contributed by atoms with Crippen LogP contribution in [0, 0.1) is 11.8 Å². The van der Waals surface area contributed by atoms with Crippen molar-refractivity contribution in [3.8, 4) is 0 Å². The van der Waals surface area contributed by atoms with Crippen molar-refractivity contribution in [3.63, 3.8) is 0 Å². The van der Waals surface area contributed by atoms with Gasteiger partial charge >= 0.3 is 0 Å². The Kier molecular flexibility index (Phi) is 1.42. The second-order valence-electron chi connectivity index (χ2n) is 3.06. The topological polar surface area (TPSA) is 58.2 Å². The van der Waals surface area contributed by atoms with Crippen molar-refractivity contribution in [2.45, 2.75) is 6.42 Å². The Labute approximate surface area is 64.3 Å². The van der Waals surface area contributed by atoms with Gasteiger partial charge in [-0.2, -0.15) is 0 Å². The molecule has 0 aliphatic carbocycles. The fraction of sp³-hybridized carbons (Fsp3) is 0.714. The molecule has 2 fully saturated rings. The van der Waals surface area contributed by atoms with E-state index in [1.165, 1.54) is 0 Å². The molecule has 0 unspecified atom stereocenters. The number of carbonyl (C=O) groups excluding carboxylic acids is 2. The fourth-order valence-corrected chi connectivity index (χ4v) is 1.75. The average Bonchev–Trinajstić information content (AvgIpc) is 2.30. The van der Waals surface area contributed by atoms with Gasteiger partial charge in [-0.15, -0.1) is 0 Å². The van der Waals surface area contributed by atoms with Crippen LogP contribution in [0.4, 0.5) is 0 Å². The molecule has 0 aromatic carbocycles. The Morgan fingerprint density at radius 1 is 1.18 bits per heavy atom. The maximum Gasteiger partial charge on any atom is 0.231 e. The van der Waals surface area contributed by atoms with Gasteiger partial charge in [-0.3, -0.25) is 14.9 Å². The molecule has 4 heteroatoms. The number of amides is 2. The van der Waals surface area contributed by atoms with Crippen LogP contribution in [0.25, 0.3) is 0 Å². The monoisotopic (exact) mass is 154 g/mol. The van der Waals surface area contributed by atoms with Crippen LogP contribution >= 0.6 is 0 Å². The molecular weight excluding hydrogens is 144 g/mol. The molecule has 2 aliphatic rings. The molecule has 0 spiro atoms. The van der Waals surface area contributed by atoms with Crippen molar-refractivity contribution in [3.05, 3.63) is 0 Å².